The van der Waals surface area contributed by atoms with Crippen molar-refractivity contribution < 1.29 is 13.2 Å². The Morgan fingerprint density at radius 3 is 2.37 bits per heavy atom. The molecule has 0 radical (unpaired) electrons. The van der Waals surface area contributed by atoms with Crippen LogP contribution >= 0.6 is 11.8 Å². The zero-order valence-corrected chi connectivity index (χ0v) is 17.5. The highest BCUT2D eigenvalue weighted by Crippen LogP contribution is 2.23. The van der Waals surface area contributed by atoms with Gasteiger partial charge in [0.15, 0.2) is 0 Å². The maximum absolute atomic E-state index is 12.3. The third kappa shape index (κ3) is 5.79. The predicted octanol–water partition coefficient (Wildman–Crippen LogP) is 2.73. The fourth-order valence-corrected chi connectivity index (χ4v) is 3.99. The highest BCUT2D eigenvalue weighted by molar-refractivity contribution is 8.00. The number of carbonyl (C=O) groups is 1. The Kier molecular flexibility index (Phi) is 7.41. The highest BCUT2D eigenvalue weighted by atomic mass is 32.2. The molecule has 0 fully saturated rings. The fraction of sp³-hybridized carbons (Fsp3) is 0.368. The number of thioether (sulfide) groups is 1. The molecule has 27 heavy (non-hydrogen) atoms. The number of sulfonamides is 1. The van der Waals surface area contributed by atoms with Crippen LogP contribution in [0.4, 0.5) is 0 Å². The van der Waals surface area contributed by atoms with Gasteiger partial charge in [-0.15, -0.1) is 0 Å². The highest BCUT2D eigenvalue weighted by Gasteiger charge is 2.19. The first-order valence-electron chi connectivity index (χ1n) is 8.59. The number of hydrogen-bond acceptors (Lipinski definition) is 5. The third-order valence-electron chi connectivity index (χ3n) is 4.11. The number of benzene rings is 1. The summed E-state index contributed by atoms with van der Waals surface area (Å²) in [4.78, 5) is 16.6. The van der Waals surface area contributed by atoms with Crippen LogP contribution in [0.1, 0.15) is 25.3 Å². The topological polar surface area (TPSA) is 79.4 Å². The van der Waals surface area contributed by atoms with E-state index in [1.165, 1.54) is 43.7 Å². The minimum atomic E-state index is -3.50. The number of rotatable bonds is 8. The first-order chi connectivity index (χ1) is 12.7. The van der Waals surface area contributed by atoms with Crippen LogP contribution in [-0.2, 0) is 14.8 Å². The molecule has 2 rings (SSSR count). The SMILES string of the molecule is CC(Sc1ccc(S(=O)(=O)N(C)C)cn1)C(=O)NCC(C)c1ccccc1. The van der Waals surface area contributed by atoms with Crippen molar-refractivity contribution in [3.8, 4) is 0 Å². The lowest BCUT2D eigenvalue weighted by Gasteiger charge is -2.16. The van der Waals surface area contributed by atoms with E-state index in [2.05, 4.69) is 17.2 Å². The van der Waals surface area contributed by atoms with Gasteiger partial charge in [-0.1, -0.05) is 49.0 Å². The van der Waals surface area contributed by atoms with Crippen molar-refractivity contribution >= 4 is 27.7 Å². The molecular formula is C19H25N3O3S2. The molecule has 0 aliphatic heterocycles. The predicted molar refractivity (Wildman–Crippen MR) is 108 cm³/mol. The summed E-state index contributed by atoms with van der Waals surface area (Å²) in [6.07, 6.45) is 1.32. The van der Waals surface area contributed by atoms with Gasteiger partial charge in [0.2, 0.25) is 15.9 Å². The summed E-state index contributed by atoms with van der Waals surface area (Å²) >= 11 is 1.30. The van der Waals surface area contributed by atoms with Crippen molar-refractivity contribution in [2.24, 2.45) is 0 Å². The lowest BCUT2D eigenvalue weighted by Crippen LogP contribution is -2.33. The monoisotopic (exact) mass is 407 g/mol. The number of pyridine rings is 1. The number of amides is 1. The first-order valence-corrected chi connectivity index (χ1v) is 10.9. The largest absolute Gasteiger partial charge is 0.355 e. The van der Waals surface area contributed by atoms with Gasteiger partial charge >= 0.3 is 0 Å². The van der Waals surface area contributed by atoms with Crippen LogP contribution in [0, 0.1) is 0 Å². The second-order valence-electron chi connectivity index (χ2n) is 6.44. The van der Waals surface area contributed by atoms with E-state index >= 15 is 0 Å². The van der Waals surface area contributed by atoms with Gasteiger partial charge in [-0.05, 0) is 30.5 Å². The fourth-order valence-electron chi connectivity index (χ4n) is 2.33. The quantitative estimate of drug-likeness (QED) is 0.681. The van der Waals surface area contributed by atoms with Gasteiger partial charge in [0.25, 0.3) is 0 Å². The molecule has 1 aromatic carbocycles. The van der Waals surface area contributed by atoms with Crippen LogP contribution < -0.4 is 5.32 Å². The molecule has 2 atom stereocenters. The average molecular weight is 408 g/mol. The van der Waals surface area contributed by atoms with Gasteiger partial charge in [0, 0.05) is 26.8 Å². The Morgan fingerprint density at radius 1 is 1.15 bits per heavy atom. The summed E-state index contributed by atoms with van der Waals surface area (Å²) in [5, 5.41) is 3.23. The standard InChI is InChI=1S/C19H25N3O3S2/c1-14(16-8-6-5-7-9-16)12-21-19(23)15(2)26-18-11-10-17(13-20-18)27(24,25)22(3)4/h5-11,13-15H,12H2,1-4H3,(H,21,23). The molecule has 0 saturated heterocycles. The molecule has 1 heterocycles. The lowest BCUT2D eigenvalue weighted by molar-refractivity contribution is -0.120. The minimum Gasteiger partial charge on any atom is -0.355 e. The van der Waals surface area contributed by atoms with Crippen molar-refractivity contribution in [1.82, 2.24) is 14.6 Å². The van der Waals surface area contributed by atoms with E-state index in [0.29, 0.717) is 11.6 Å². The smallest absolute Gasteiger partial charge is 0.244 e. The second-order valence-corrected chi connectivity index (χ2v) is 9.95. The molecule has 1 N–H and O–H groups in total. The summed E-state index contributed by atoms with van der Waals surface area (Å²) in [6, 6.07) is 13.2. The van der Waals surface area contributed by atoms with Crippen LogP contribution in [0.3, 0.4) is 0 Å². The third-order valence-corrected chi connectivity index (χ3v) is 6.95. The molecule has 146 valence electrons. The summed E-state index contributed by atoms with van der Waals surface area (Å²) in [5.74, 6) is 0.149. The van der Waals surface area contributed by atoms with Crippen LogP contribution in [0.5, 0.6) is 0 Å². The summed E-state index contributed by atoms with van der Waals surface area (Å²) < 4.78 is 25.2. The molecule has 1 aromatic heterocycles. The molecule has 2 aromatic rings. The molecular weight excluding hydrogens is 382 g/mol. The lowest BCUT2D eigenvalue weighted by atomic mass is 10.0. The zero-order valence-electron chi connectivity index (χ0n) is 15.9. The van der Waals surface area contributed by atoms with Crippen molar-refractivity contribution in [1.29, 1.82) is 0 Å². The maximum atomic E-state index is 12.3. The molecule has 0 bridgehead atoms. The van der Waals surface area contributed by atoms with Crippen molar-refractivity contribution in [3.05, 3.63) is 54.2 Å². The normalized spacial score (nSPS) is 14.0. The zero-order chi connectivity index (χ0) is 20.0. The number of carbonyl (C=O) groups excluding carboxylic acids is 1. The van der Waals surface area contributed by atoms with E-state index in [-0.39, 0.29) is 22.0 Å². The Hall–Kier alpha value is -1.90. The van der Waals surface area contributed by atoms with Crippen molar-refractivity contribution in [2.45, 2.75) is 34.9 Å². The Labute approximate surface area is 165 Å². The van der Waals surface area contributed by atoms with E-state index in [1.807, 2.05) is 30.3 Å². The number of nitrogens with one attached hydrogen (secondary N) is 1. The second kappa shape index (κ2) is 9.34. The van der Waals surface area contributed by atoms with Gasteiger partial charge in [0.1, 0.15) is 4.90 Å². The molecule has 0 spiro atoms. The van der Waals surface area contributed by atoms with Gasteiger partial charge in [-0.2, -0.15) is 0 Å². The molecule has 0 aliphatic carbocycles. The number of aromatic nitrogens is 1. The Balaban J connectivity index is 1.90. The molecule has 0 saturated carbocycles. The van der Waals surface area contributed by atoms with E-state index in [4.69, 9.17) is 0 Å². The van der Waals surface area contributed by atoms with E-state index in [9.17, 15) is 13.2 Å². The molecule has 6 nitrogen and oxygen atoms in total. The summed E-state index contributed by atoms with van der Waals surface area (Å²) in [5.41, 5.74) is 1.18. The molecule has 2 unspecified atom stereocenters. The molecule has 8 heteroatoms. The number of hydrogen-bond donors (Lipinski definition) is 1. The van der Waals surface area contributed by atoms with Crippen LogP contribution in [0.15, 0.2) is 58.6 Å². The summed E-state index contributed by atoms with van der Waals surface area (Å²) in [7, 11) is -0.555. The first kappa shape index (κ1) is 21.4. The average Bonchev–Trinajstić information content (AvgIpc) is 2.66. The van der Waals surface area contributed by atoms with E-state index in [0.717, 1.165) is 4.31 Å². The van der Waals surface area contributed by atoms with Crippen LogP contribution in [0.25, 0.3) is 0 Å². The molecule has 1 amide bonds. The van der Waals surface area contributed by atoms with Crippen LogP contribution in [-0.4, -0.2) is 49.5 Å². The van der Waals surface area contributed by atoms with Gasteiger partial charge in [-0.3, -0.25) is 4.79 Å². The van der Waals surface area contributed by atoms with E-state index < -0.39 is 10.0 Å². The Morgan fingerprint density at radius 2 is 1.81 bits per heavy atom. The van der Waals surface area contributed by atoms with Crippen molar-refractivity contribution in [2.75, 3.05) is 20.6 Å². The van der Waals surface area contributed by atoms with Crippen molar-refractivity contribution in [3.63, 3.8) is 0 Å². The van der Waals surface area contributed by atoms with Gasteiger partial charge in [0.05, 0.1) is 10.3 Å². The maximum Gasteiger partial charge on any atom is 0.244 e. The van der Waals surface area contributed by atoms with Crippen LogP contribution in [0.2, 0.25) is 0 Å². The molecule has 0 aliphatic rings. The van der Waals surface area contributed by atoms with E-state index in [1.54, 1.807) is 13.0 Å². The van der Waals surface area contributed by atoms with Gasteiger partial charge in [-0.25, -0.2) is 17.7 Å². The Bertz CT molecular complexity index is 854. The van der Waals surface area contributed by atoms with Gasteiger partial charge < -0.3 is 5.32 Å². The number of nitrogens with zero attached hydrogens (tertiary/aromatic N) is 2. The minimum absolute atomic E-state index is 0.0745. The summed E-state index contributed by atoms with van der Waals surface area (Å²) in [6.45, 7) is 4.43.